The van der Waals surface area contributed by atoms with Crippen LogP contribution in [0.1, 0.15) is 17.2 Å². The van der Waals surface area contributed by atoms with Crippen molar-refractivity contribution in [2.24, 2.45) is 4.99 Å². The number of aromatic nitrogens is 2. The van der Waals surface area contributed by atoms with E-state index in [0.717, 1.165) is 28.3 Å². The van der Waals surface area contributed by atoms with Gasteiger partial charge in [0.05, 0.1) is 33.8 Å². The molecule has 0 spiro atoms. The number of benzene rings is 10. The van der Waals surface area contributed by atoms with Gasteiger partial charge in [0, 0.05) is 53.0 Å². The summed E-state index contributed by atoms with van der Waals surface area (Å²) in [6.45, 7) is 0. The third kappa shape index (κ3) is 5.59. The molecule has 5 heteroatoms. The van der Waals surface area contributed by atoms with Crippen LogP contribution in [-0.2, 0) is 0 Å². The summed E-state index contributed by atoms with van der Waals surface area (Å²) < 4.78 is 7.39. The molecule has 10 aromatic carbocycles. The van der Waals surface area contributed by atoms with Crippen LogP contribution in [0.4, 0.5) is 0 Å². The lowest BCUT2D eigenvalue weighted by Crippen LogP contribution is -2.35. The molecule has 65 heavy (non-hydrogen) atoms. The monoisotopic (exact) mass is 846 g/mol. The quantitative estimate of drug-likeness (QED) is 0.188. The van der Waals surface area contributed by atoms with Gasteiger partial charge in [0.2, 0.25) is 5.96 Å². The van der Waals surface area contributed by atoms with Crippen LogP contribution in [0.25, 0.3) is 108 Å². The maximum absolute atomic E-state index is 5.53. The minimum atomic E-state index is -0.126. The Labute approximate surface area is 378 Å². The number of rotatable bonds is 4. The fourth-order valence-electron chi connectivity index (χ4n) is 10.6. The Hall–Kier alpha value is -8.25. The van der Waals surface area contributed by atoms with Gasteiger partial charge in [0.25, 0.3) is 0 Å². The molecule has 0 bridgehead atoms. The molecular formula is C60H38N4S. The highest BCUT2D eigenvalue weighted by Crippen LogP contribution is 2.41. The fraction of sp³-hybridized carbons (Fsp3) is 0.0167. The van der Waals surface area contributed by atoms with Crippen molar-refractivity contribution in [3.05, 3.63) is 230 Å². The zero-order valence-electron chi connectivity index (χ0n) is 35.1. The van der Waals surface area contributed by atoms with Crippen LogP contribution in [0.5, 0.6) is 0 Å². The molecule has 0 amide bonds. The number of nitrogens with one attached hydrogen (secondary N) is 1. The zero-order valence-corrected chi connectivity index (χ0v) is 35.9. The minimum Gasteiger partial charge on any atom is -0.345 e. The van der Waals surface area contributed by atoms with Gasteiger partial charge in [-0.2, -0.15) is 0 Å². The molecule has 0 aliphatic carbocycles. The van der Waals surface area contributed by atoms with E-state index in [1.54, 1.807) is 0 Å². The molecule has 0 saturated heterocycles. The summed E-state index contributed by atoms with van der Waals surface area (Å²) in [6.07, 6.45) is 2.30. The van der Waals surface area contributed by atoms with Gasteiger partial charge in [0.1, 0.15) is 0 Å². The van der Waals surface area contributed by atoms with E-state index in [0.29, 0.717) is 0 Å². The van der Waals surface area contributed by atoms with Crippen molar-refractivity contribution in [2.75, 3.05) is 0 Å². The number of para-hydroxylation sites is 2. The normalized spacial score (nSPS) is 14.3. The van der Waals surface area contributed by atoms with Crippen LogP contribution in [0.3, 0.4) is 0 Å². The summed E-state index contributed by atoms with van der Waals surface area (Å²) >= 11 is 1.86. The molecule has 1 aliphatic rings. The van der Waals surface area contributed by atoms with Crippen molar-refractivity contribution in [2.45, 2.75) is 6.04 Å². The maximum atomic E-state index is 5.53. The second-order valence-electron chi connectivity index (χ2n) is 17.2. The van der Waals surface area contributed by atoms with Gasteiger partial charge in [0.15, 0.2) is 0 Å². The Morgan fingerprint density at radius 1 is 0.400 bits per heavy atom. The Bertz CT molecular complexity index is 4170. The molecule has 4 nitrogen and oxygen atoms in total. The molecule has 14 rings (SSSR count). The lowest BCUT2D eigenvalue weighted by atomic mass is 9.95. The van der Waals surface area contributed by atoms with E-state index >= 15 is 0 Å². The minimum absolute atomic E-state index is 0.126. The van der Waals surface area contributed by atoms with E-state index in [4.69, 9.17) is 4.99 Å². The summed E-state index contributed by atoms with van der Waals surface area (Å²) in [7, 11) is 0. The summed E-state index contributed by atoms with van der Waals surface area (Å²) in [5.41, 5.74) is 11.4. The van der Waals surface area contributed by atoms with E-state index in [1.807, 2.05) is 11.3 Å². The molecule has 3 aromatic heterocycles. The van der Waals surface area contributed by atoms with Crippen molar-refractivity contribution in [1.29, 1.82) is 0 Å². The van der Waals surface area contributed by atoms with Crippen molar-refractivity contribution in [3.63, 3.8) is 0 Å². The predicted octanol–water partition coefficient (Wildman–Crippen LogP) is 15.8. The van der Waals surface area contributed by atoms with Crippen LogP contribution in [0, 0.1) is 0 Å². The number of hydrogen-bond acceptors (Lipinski definition) is 3. The van der Waals surface area contributed by atoms with Gasteiger partial charge < -0.3 is 9.88 Å². The third-order valence-electron chi connectivity index (χ3n) is 13.6. The van der Waals surface area contributed by atoms with E-state index in [2.05, 4.69) is 233 Å². The molecule has 0 radical (unpaired) electrons. The Kier molecular flexibility index (Phi) is 7.88. The summed E-state index contributed by atoms with van der Waals surface area (Å²) in [5, 5.41) is 16.2. The summed E-state index contributed by atoms with van der Waals surface area (Å²) in [4.78, 5) is 5.53. The average molecular weight is 847 g/mol. The first-order valence-electron chi connectivity index (χ1n) is 22.2. The van der Waals surface area contributed by atoms with E-state index in [-0.39, 0.29) is 6.04 Å². The lowest BCUT2D eigenvalue weighted by molar-refractivity contribution is 0.766. The van der Waals surface area contributed by atoms with Gasteiger partial charge in [-0.05, 0) is 105 Å². The van der Waals surface area contributed by atoms with Gasteiger partial charge in [-0.1, -0.05) is 152 Å². The van der Waals surface area contributed by atoms with Crippen molar-refractivity contribution >= 4 is 108 Å². The largest absolute Gasteiger partial charge is 0.345 e. The van der Waals surface area contributed by atoms with Crippen molar-refractivity contribution < 1.29 is 0 Å². The van der Waals surface area contributed by atoms with Crippen LogP contribution in [-0.4, -0.2) is 15.1 Å². The molecule has 4 heterocycles. The van der Waals surface area contributed by atoms with E-state index in [9.17, 15) is 0 Å². The van der Waals surface area contributed by atoms with Crippen LogP contribution in [0.15, 0.2) is 223 Å². The summed E-state index contributed by atoms with van der Waals surface area (Å²) in [6, 6.07) is 77.4. The van der Waals surface area contributed by atoms with E-state index in [1.165, 1.54) is 96.7 Å². The molecule has 1 atom stereocenters. The third-order valence-corrected chi connectivity index (χ3v) is 14.7. The number of aliphatic imine (C=N–C) groups is 1. The maximum Gasteiger partial charge on any atom is 0.209 e. The second-order valence-corrected chi connectivity index (χ2v) is 18.2. The SMILES string of the molecule is C1=C(c2cccc3ccccc23)N=C(n2c3ccccc3c3cc(-c4ccc5c(c4)c4ccccc4n5-c4ccc5sc6ccccc6c5c4)ccc32)NC1c1cccc2ccccc12. The highest BCUT2D eigenvalue weighted by Gasteiger charge is 2.25. The van der Waals surface area contributed by atoms with Crippen LogP contribution in [0.2, 0.25) is 0 Å². The Morgan fingerprint density at radius 3 is 1.71 bits per heavy atom. The molecule has 1 aliphatic heterocycles. The number of thiophene rings is 1. The first-order chi connectivity index (χ1) is 32.2. The van der Waals surface area contributed by atoms with Gasteiger partial charge >= 0.3 is 0 Å². The number of nitrogens with zero attached hydrogens (tertiary/aromatic N) is 3. The fourth-order valence-corrected chi connectivity index (χ4v) is 11.7. The number of fused-ring (bicyclic) bond motifs is 11. The molecule has 13 aromatic rings. The molecular weight excluding hydrogens is 809 g/mol. The van der Waals surface area contributed by atoms with Gasteiger partial charge in [-0.15, -0.1) is 11.3 Å². The van der Waals surface area contributed by atoms with Crippen LogP contribution >= 0.6 is 11.3 Å². The Balaban J connectivity index is 0.927. The summed E-state index contributed by atoms with van der Waals surface area (Å²) in [5.74, 6) is 0.801. The number of hydrogen-bond donors (Lipinski definition) is 1. The lowest BCUT2D eigenvalue weighted by Gasteiger charge is -2.26. The zero-order chi connectivity index (χ0) is 42.6. The molecule has 304 valence electrons. The first kappa shape index (κ1) is 36.3. The first-order valence-corrected chi connectivity index (χ1v) is 23.1. The molecule has 1 N–H and O–H groups in total. The van der Waals surface area contributed by atoms with Gasteiger partial charge in [-0.25, -0.2) is 4.99 Å². The van der Waals surface area contributed by atoms with Crippen molar-refractivity contribution in [3.8, 4) is 16.8 Å². The molecule has 0 fully saturated rings. The molecule has 1 unspecified atom stereocenters. The molecule has 0 saturated carbocycles. The van der Waals surface area contributed by atoms with Crippen LogP contribution < -0.4 is 5.32 Å². The highest BCUT2D eigenvalue weighted by molar-refractivity contribution is 7.25. The predicted molar refractivity (Wildman–Crippen MR) is 277 cm³/mol. The van der Waals surface area contributed by atoms with E-state index < -0.39 is 0 Å². The van der Waals surface area contributed by atoms with Gasteiger partial charge in [-0.3, -0.25) is 4.57 Å². The Morgan fingerprint density at radius 2 is 0.954 bits per heavy atom. The second kappa shape index (κ2) is 14.1. The average Bonchev–Trinajstić information content (AvgIpc) is 4.03. The van der Waals surface area contributed by atoms with Crippen molar-refractivity contribution in [1.82, 2.24) is 14.5 Å². The standard InChI is InChI=1S/C60H38N4S/c1-3-17-42-37(13-1)15-11-22-44(42)52-36-53(45-23-12-16-38-14-2-4-18-43(38)45)62-60(61-52)64-55-25-9-6-20-47(55)50-34-40(28-31-57(50)64)39-27-30-56-49(33-39)46-19-5-8-24-54(46)63(56)41-29-32-59-51(35-41)48-21-7-10-26-58(48)65-59/h1-36,52H,(H,61,62). The smallest absolute Gasteiger partial charge is 0.209 e. The topological polar surface area (TPSA) is 34.2 Å². The highest BCUT2D eigenvalue weighted by atomic mass is 32.1.